The van der Waals surface area contributed by atoms with Crippen molar-refractivity contribution >= 4 is 21.8 Å². The molecule has 0 aliphatic rings. The van der Waals surface area contributed by atoms with Gasteiger partial charge in [0.05, 0.1) is 12.0 Å². The summed E-state index contributed by atoms with van der Waals surface area (Å²) in [6, 6.07) is 8.48. The molecule has 0 aliphatic heterocycles. The number of pyridine rings is 1. The summed E-state index contributed by atoms with van der Waals surface area (Å²) in [6.45, 7) is 0. The second kappa shape index (κ2) is 5.80. The van der Waals surface area contributed by atoms with Crippen molar-refractivity contribution in [2.45, 2.75) is 4.90 Å². The molecule has 0 saturated heterocycles. The molecule has 1 aromatic carbocycles. The highest BCUT2D eigenvalue weighted by Crippen LogP contribution is 2.21. The molecule has 0 radical (unpaired) electrons. The summed E-state index contributed by atoms with van der Waals surface area (Å²) in [5, 5.41) is 9.02. The third kappa shape index (κ3) is 3.29. The summed E-state index contributed by atoms with van der Waals surface area (Å²) in [4.78, 5) is 14.7. The average molecular weight is 308 g/mol. The van der Waals surface area contributed by atoms with E-state index in [1.54, 1.807) is 6.07 Å². The summed E-state index contributed by atoms with van der Waals surface area (Å²) < 4.78 is 31.6. The van der Waals surface area contributed by atoms with Gasteiger partial charge in [-0.25, -0.2) is 18.2 Å². The van der Waals surface area contributed by atoms with Gasteiger partial charge in [-0.05, 0) is 24.3 Å². The number of nitrogens with one attached hydrogen (secondary N) is 1. The molecule has 8 heteroatoms. The minimum Gasteiger partial charge on any atom is -0.497 e. The molecular weight excluding hydrogens is 296 g/mol. The Morgan fingerprint density at radius 2 is 2.05 bits per heavy atom. The van der Waals surface area contributed by atoms with E-state index in [0.717, 1.165) is 0 Å². The molecule has 0 unspecified atom stereocenters. The van der Waals surface area contributed by atoms with Crippen LogP contribution >= 0.6 is 0 Å². The van der Waals surface area contributed by atoms with Gasteiger partial charge in [-0.3, -0.25) is 4.72 Å². The van der Waals surface area contributed by atoms with Crippen molar-refractivity contribution in [1.82, 2.24) is 4.98 Å². The maximum Gasteiger partial charge on any atom is 0.339 e. The third-order valence-corrected chi connectivity index (χ3v) is 3.96. The number of carboxylic acid groups (broad SMARTS) is 1. The Morgan fingerprint density at radius 3 is 2.71 bits per heavy atom. The highest BCUT2D eigenvalue weighted by Gasteiger charge is 2.19. The summed E-state index contributed by atoms with van der Waals surface area (Å²) in [6.07, 6.45) is 1.30. The number of hydrogen-bond donors (Lipinski definition) is 2. The van der Waals surface area contributed by atoms with Crippen LogP contribution in [0.15, 0.2) is 47.5 Å². The molecule has 1 aromatic heterocycles. The Kier molecular flexibility index (Phi) is 4.08. The smallest absolute Gasteiger partial charge is 0.339 e. The predicted octanol–water partition coefficient (Wildman–Crippen LogP) is 1.59. The molecule has 7 nitrogen and oxygen atoms in total. The highest BCUT2D eigenvalue weighted by molar-refractivity contribution is 7.92. The first-order valence-electron chi connectivity index (χ1n) is 5.79. The number of carboxylic acids is 1. The van der Waals surface area contributed by atoms with Crippen molar-refractivity contribution in [2.75, 3.05) is 11.8 Å². The minimum atomic E-state index is -3.96. The van der Waals surface area contributed by atoms with Gasteiger partial charge in [0.25, 0.3) is 10.0 Å². The van der Waals surface area contributed by atoms with Crippen LogP contribution in [-0.2, 0) is 10.0 Å². The first kappa shape index (κ1) is 14.8. The molecule has 2 rings (SSSR count). The average Bonchev–Trinajstić information content (AvgIpc) is 2.47. The Labute approximate surface area is 121 Å². The number of hydrogen-bond acceptors (Lipinski definition) is 5. The van der Waals surface area contributed by atoms with Crippen molar-refractivity contribution in [3.63, 3.8) is 0 Å². The molecule has 0 amide bonds. The van der Waals surface area contributed by atoms with E-state index in [1.807, 2.05) is 0 Å². The van der Waals surface area contributed by atoms with Gasteiger partial charge in [-0.15, -0.1) is 0 Å². The standard InChI is InChI=1S/C13H12N2O5S/c1-20-9-4-2-5-10(8-9)21(18,19)15-12-11(13(16)17)6-3-7-14-12/h2-8H,1H3,(H,14,15)(H,16,17). The predicted molar refractivity (Wildman–Crippen MR) is 75.0 cm³/mol. The van der Waals surface area contributed by atoms with Crippen LogP contribution in [0.4, 0.5) is 5.82 Å². The van der Waals surface area contributed by atoms with Gasteiger partial charge in [-0.2, -0.15) is 0 Å². The molecule has 2 N–H and O–H groups in total. The lowest BCUT2D eigenvalue weighted by Crippen LogP contribution is -2.16. The van der Waals surface area contributed by atoms with E-state index in [2.05, 4.69) is 9.71 Å². The molecule has 0 saturated carbocycles. The van der Waals surface area contributed by atoms with Gasteiger partial charge in [-0.1, -0.05) is 6.07 Å². The lowest BCUT2D eigenvalue weighted by molar-refractivity contribution is 0.0697. The molecular formula is C13H12N2O5S. The SMILES string of the molecule is COc1cccc(S(=O)(=O)Nc2ncccc2C(=O)O)c1. The Balaban J connectivity index is 2.40. The maximum absolute atomic E-state index is 12.2. The first-order valence-corrected chi connectivity index (χ1v) is 7.27. The van der Waals surface area contributed by atoms with E-state index in [-0.39, 0.29) is 16.3 Å². The number of methoxy groups -OCH3 is 1. The van der Waals surface area contributed by atoms with Crippen molar-refractivity contribution in [1.29, 1.82) is 0 Å². The fourth-order valence-electron chi connectivity index (χ4n) is 1.61. The number of aromatic carboxylic acids is 1. The van der Waals surface area contributed by atoms with Crippen LogP contribution in [0.1, 0.15) is 10.4 Å². The Hall–Kier alpha value is -2.61. The van der Waals surface area contributed by atoms with Crippen LogP contribution in [0.3, 0.4) is 0 Å². The Bertz CT molecular complexity index is 774. The molecule has 0 spiro atoms. The molecule has 0 bridgehead atoms. The molecule has 0 fully saturated rings. The summed E-state index contributed by atoms with van der Waals surface area (Å²) >= 11 is 0. The molecule has 21 heavy (non-hydrogen) atoms. The van der Waals surface area contributed by atoms with E-state index in [1.165, 1.54) is 43.6 Å². The lowest BCUT2D eigenvalue weighted by atomic mass is 10.3. The van der Waals surface area contributed by atoms with Crippen LogP contribution in [-0.4, -0.2) is 31.6 Å². The van der Waals surface area contributed by atoms with Crippen molar-refractivity contribution in [3.8, 4) is 5.75 Å². The van der Waals surface area contributed by atoms with E-state index in [9.17, 15) is 13.2 Å². The molecule has 1 heterocycles. The van der Waals surface area contributed by atoms with Crippen LogP contribution in [0.25, 0.3) is 0 Å². The highest BCUT2D eigenvalue weighted by atomic mass is 32.2. The van der Waals surface area contributed by atoms with Gasteiger partial charge in [0.1, 0.15) is 11.3 Å². The van der Waals surface area contributed by atoms with Crippen molar-refractivity contribution in [2.24, 2.45) is 0 Å². The number of rotatable bonds is 5. The van der Waals surface area contributed by atoms with Crippen LogP contribution < -0.4 is 9.46 Å². The molecule has 0 aliphatic carbocycles. The van der Waals surface area contributed by atoms with Gasteiger partial charge in [0.2, 0.25) is 0 Å². The van der Waals surface area contributed by atoms with E-state index < -0.39 is 16.0 Å². The summed E-state index contributed by atoms with van der Waals surface area (Å²) in [5.41, 5.74) is -0.232. The second-order valence-corrected chi connectivity index (χ2v) is 5.67. The largest absolute Gasteiger partial charge is 0.497 e. The number of anilines is 1. The number of carbonyl (C=O) groups is 1. The molecule has 110 valence electrons. The fraction of sp³-hybridized carbons (Fsp3) is 0.0769. The van der Waals surface area contributed by atoms with E-state index >= 15 is 0 Å². The number of aromatic nitrogens is 1. The van der Waals surface area contributed by atoms with Crippen LogP contribution in [0.2, 0.25) is 0 Å². The van der Waals surface area contributed by atoms with Crippen LogP contribution in [0, 0.1) is 0 Å². The zero-order chi connectivity index (χ0) is 15.5. The van der Waals surface area contributed by atoms with E-state index in [4.69, 9.17) is 9.84 Å². The zero-order valence-corrected chi connectivity index (χ0v) is 11.8. The van der Waals surface area contributed by atoms with Crippen molar-refractivity contribution < 1.29 is 23.1 Å². The normalized spacial score (nSPS) is 10.9. The maximum atomic E-state index is 12.2. The summed E-state index contributed by atoms with van der Waals surface area (Å²) in [5.74, 6) is -1.14. The zero-order valence-electron chi connectivity index (χ0n) is 11.0. The number of nitrogens with zero attached hydrogens (tertiary/aromatic N) is 1. The van der Waals surface area contributed by atoms with Gasteiger partial charge < -0.3 is 9.84 Å². The van der Waals surface area contributed by atoms with Crippen LogP contribution in [0.5, 0.6) is 5.75 Å². The topological polar surface area (TPSA) is 106 Å². The molecule has 0 atom stereocenters. The van der Waals surface area contributed by atoms with Gasteiger partial charge in [0.15, 0.2) is 5.82 Å². The first-order chi connectivity index (χ1) is 9.94. The minimum absolute atomic E-state index is 0.0520. The molecule has 2 aromatic rings. The third-order valence-electron chi connectivity index (χ3n) is 2.62. The van der Waals surface area contributed by atoms with E-state index in [0.29, 0.717) is 5.75 Å². The number of benzene rings is 1. The Morgan fingerprint density at radius 1 is 1.29 bits per heavy atom. The summed E-state index contributed by atoms with van der Waals surface area (Å²) in [7, 11) is -2.54. The quantitative estimate of drug-likeness (QED) is 0.869. The second-order valence-electron chi connectivity index (χ2n) is 3.99. The van der Waals surface area contributed by atoms with Gasteiger partial charge >= 0.3 is 5.97 Å². The fourth-order valence-corrected chi connectivity index (χ4v) is 2.68. The monoisotopic (exact) mass is 308 g/mol. The lowest BCUT2D eigenvalue weighted by Gasteiger charge is -2.10. The number of ether oxygens (including phenoxy) is 1. The number of sulfonamides is 1. The van der Waals surface area contributed by atoms with Crippen molar-refractivity contribution in [3.05, 3.63) is 48.2 Å². The van der Waals surface area contributed by atoms with Gasteiger partial charge in [0, 0.05) is 12.3 Å².